The quantitative estimate of drug-likeness (QED) is 0.255. The lowest BCUT2D eigenvalue weighted by atomic mass is 9.95. The van der Waals surface area contributed by atoms with E-state index < -0.39 is 12.0 Å². The molecule has 3 aromatic carbocycles. The molecule has 0 bridgehead atoms. The van der Waals surface area contributed by atoms with Crippen LogP contribution in [0.25, 0.3) is 6.08 Å². The van der Waals surface area contributed by atoms with Gasteiger partial charge in [-0.2, -0.15) is 0 Å². The highest BCUT2D eigenvalue weighted by Crippen LogP contribution is 2.35. The Hall–Kier alpha value is -3.95. The van der Waals surface area contributed by atoms with E-state index in [0.29, 0.717) is 38.5 Å². The number of rotatable bonds is 8. The number of esters is 1. The monoisotopic (exact) mass is 618 g/mol. The van der Waals surface area contributed by atoms with Gasteiger partial charge in [0, 0.05) is 10.0 Å². The second kappa shape index (κ2) is 12.1. The molecule has 40 heavy (non-hydrogen) atoms. The van der Waals surface area contributed by atoms with Crippen LogP contribution >= 0.6 is 27.3 Å². The van der Waals surface area contributed by atoms with Crippen LogP contribution in [0.3, 0.4) is 0 Å². The van der Waals surface area contributed by atoms with Crippen molar-refractivity contribution in [1.29, 1.82) is 0 Å². The summed E-state index contributed by atoms with van der Waals surface area (Å²) < 4.78 is 20.0. The molecule has 0 saturated heterocycles. The molecule has 2 heterocycles. The number of para-hydroxylation sites is 1. The Balaban J connectivity index is 1.51. The van der Waals surface area contributed by atoms with Crippen molar-refractivity contribution in [3.63, 3.8) is 0 Å². The minimum absolute atomic E-state index is 0.210. The fourth-order valence-electron chi connectivity index (χ4n) is 4.54. The lowest BCUT2D eigenvalue weighted by Crippen LogP contribution is -2.40. The van der Waals surface area contributed by atoms with Crippen LogP contribution in [0.1, 0.15) is 36.6 Å². The molecule has 0 saturated carbocycles. The number of allylic oxidation sites excluding steroid dienone is 1. The molecule has 7 nitrogen and oxygen atoms in total. The first-order valence-electron chi connectivity index (χ1n) is 12.7. The average molecular weight is 620 g/mol. The van der Waals surface area contributed by atoms with Gasteiger partial charge in [0.2, 0.25) is 0 Å². The van der Waals surface area contributed by atoms with Crippen LogP contribution in [0.4, 0.5) is 0 Å². The number of benzene rings is 3. The van der Waals surface area contributed by atoms with Crippen molar-refractivity contribution in [2.24, 2.45) is 4.99 Å². The highest BCUT2D eigenvalue weighted by molar-refractivity contribution is 9.10. The number of nitrogens with zero attached hydrogens (tertiary/aromatic N) is 2. The van der Waals surface area contributed by atoms with E-state index in [9.17, 15) is 9.59 Å². The van der Waals surface area contributed by atoms with E-state index in [-0.39, 0.29) is 12.2 Å². The molecule has 1 aromatic heterocycles. The zero-order valence-corrected chi connectivity index (χ0v) is 24.6. The van der Waals surface area contributed by atoms with Crippen molar-refractivity contribution in [1.82, 2.24) is 4.57 Å². The van der Waals surface area contributed by atoms with E-state index >= 15 is 0 Å². The van der Waals surface area contributed by atoms with Crippen LogP contribution in [0, 0.1) is 0 Å². The van der Waals surface area contributed by atoms with Crippen LogP contribution < -0.4 is 24.4 Å². The Morgan fingerprint density at radius 2 is 1.80 bits per heavy atom. The first-order valence-corrected chi connectivity index (χ1v) is 14.3. The molecule has 0 aliphatic carbocycles. The van der Waals surface area contributed by atoms with Crippen LogP contribution in [0.5, 0.6) is 11.5 Å². The molecular formula is C31H27BrN2O5S. The maximum absolute atomic E-state index is 13.8. The lowest BCUT2D eigenvalue weighted by Gasteiger charge is -2.25. The van der Waals surface area contributed by atoms with E-state index in [2.05, 4.69) is 20.9 Å². The molecule has 0 spiro atoms. The Morgan fingerprint density at radius 1 is 1.07 bits per heavy atom. The number of thiazole rings is 1. The van der Waals surface area contributed by atoms with Crippen molar-refractivity contribution >= 4 is 39.3 Å². The van der Waals surface area contributed by atoms with E-state index in [1.54, 1.807) is 25.5 Å². The summed E-state index contributed by atoms with van der Waals surface area (Å²) in [6.07, 6.45) is 1.82. The molecule has 204 valence electrons. The molecule has 1 atom stereocenters. The summed E-state index contributed by atoms with van der Waals surface area (Å²) in [5.74, 6) is 0.789. The summed E-state index contributed by atoms with van der Waals surface area (Å²) in [5, 5.41) is 0. The Bertz CT molecular complexity index is 1760. The smallest absolute Gasteiger partial charge is 0.338 e. The fourth-order valence-corrected chi connectivity index (χ4v) is 5.85. The maximum atomic E-state index is 13.8. The zero-order chi connectivity index (χ0) is 28.2. The van der Waals surface area contributed by atoms with E-state index in [1.807, 2.05) is 78.9 Å². The first-order chi connectivity index (χ1) is 19.4. The molecule has 4 aromatic rings. The van der Waals surface area contributed by atoms with Gasteiger partial charge in [-0.3, -0.25) is 9.36 Å². The van der Waals surface area contributed by atoms with Crippen LogP contribution in [-0.4, -0.2) is 24.3 Å². The number of ether oxygens (including phenoxy) is 3. The number of aromatic nitrogens is 1. The van der Waals surface area contributed by atoms with Crippen molar-refractivity contribution in [2.75, 3.05) is 13.7 Å². The van der Waals surface area contributed by atoms with Gasteiger partial charge in [0.05, 0.1) is 29.5 Å². The molecule has 0 fully saturated rings. The summed E-state index contributed by atoms with van der Waals surface area (Å²) in [6.45, 7) is 4.18. The van der Waals surface area contributed by atoms with Gasteiger partial charge >= 0.3 is 5.97 Å². The Kier molecular flexibility index (Phi) is 8.32. The molecule has 0 N–H and O–H groups in total. The fraction of sp³-hybridized carbons (Fsp3) is 0.194. The standard InChI is InChI=1S/C31H27BrN2O5S/c1-4-38-30(36)27-19(2)33-31-34(28(27)24-7-5-6-8-25(24)37-3)29(35)26(40-31)17-20-11-15-23(16-12-20)39-18-21-9-13-22(32)14-10-21/h5-17,28H,4,18H2,1-3H3/b26-17-/t28-/m0/s1. The van der Waals surface area contributed by atoms with Crippen LogP contribution in [-0.2, 0) is 16.1 Å². The van der Waals surface area contributed by atoms with Gasteiger partial charge < -0.3 is 14.2 Å². The highest BCUT2D eigenvalue weighted by Gasteiger charge is 2.34. The predicted octanol–water partition coefficient (Wildman–Crippen LogP) is 5.15. The minimum atomic E-state index is -0.733. The summed E-state index contributed by atoms with van der Waals surface area (Å²) in [7, 11) is 1.56. The molecule has 0 amide bonds. The minimum Gasteiger partial charge on any atom is -0.496 e. The molecule has 1 aliphatic heterocycles. The van der Waals surface area contributed by atoms with E-state index in [0.717, 1.165) is 21.3 Å². The number of carbonyl (C=O) groups is 1. The number of halogens is 1. The number of hydrogen-bond donors (Lipinski definition) is 0. The van der Waals surface area contributed by atoms with Gasteiger partial charge in [-0.05, 0) is 61.4 Å². The molecule has 0 radical (unpaired) electrons. The van der Waals surface area contributed by atoms with Crippen molar-refractivity contribution < 1.29 is 19.0 Å². The third kappa shape index (κ3) is 5.66. The summed E-state index contributed by atoms with van der Waals surface area (Å²) in [5.41, 5.74) is 3.17. The maximum Gasteiger partial charge on any atom is 0.338 e. The van der Waals surface area contributed by atoms with Crippen LogP contribution in [0.2, 0.25) is 0 Å². The SMILES string of the molecule is CCOC(=O)C1=C(C)N=c2s/c(=C\c3ccc(OCc4ccc(Br)cc4)cc3)c(=O)n2[C@H]1c1ccccc1OC. The normalized spacial score (nSPS) is 14.9. The summed E-state index contributed by atoms with van der Waals surface area (Å²) >= 11 is 4.72. The van der Waals surface area contributed by atoms with Gasteiger partial charge in [-0.25, -0.2) is 9.79 Å². The molecule has 5 rings (SSSR count). The number of hydrogen-bond acceptors (Lipinski definition) is 7. The first kappa shape index (κ1) is 27.6. The van der Waals surface area contributed by atoms with Crippen molar-refractivity contribution in [3.05, 3.63) is 125 Å². The summed E-state index contributed by atoms with van der Waals surface area (Å²) in [4.78, 5) is 32.1. The molecule has 0 unspecified atom stereocenters. The molecule has 1 aliphatic rings. The predicted molar refractivity (Wildman–Crippen MR) is 158 cm³/mol. The third-order valence-electron chi connectivity index (χ3n) is 6.45. The van der Waals surface area contributed by atoms with Gasteiger partial charge in [0.1, 0.15) is 24.1 Å². The largest absolute Gasteiger partial charge is 0.496 e. The van der Waals surface area contributed by atoms with Crippen LogP contribution in [0.15, 0.2) is 98.3 Å². The van der Waals surface area contributed by atoms with Gasteiger partial charge in [-0.15, -0.1) is 0 Å². The third-order valence-corrected chi connectivity index (χ3v) is 7.96. The second-order valence-electron chi connectivity index (χ2n) is 9.03. The lowest BCUT2D eigenvalue weighted by molar-refractivity contribution is -0.139. The Morgan fingerprint density at radius 3 is 2.50 bits per heavy atom. The second-order valence-corrected chi connectivity index (χ2v) is 11.0. The van der Waals surface area contributed by atoms with Gasteiger partial charge in [0.25, 0.3) is 5.56 Å². The number of carbonyl (C=O) groups excluding carboxylic acids is 1. The average Bonchev–Trinajstić information content (AvgIpc) is 3.26. The van der Waals surface area contributed by atoms with Gasteiger partial charge in [0.15, 0.2) is 4.80 Å². The van der Waals surface area contributed by atoms with Crippen molar-refractivity contribution in [3.8, 4) is 11.5 Å². The summed E-state index contributed by atoms with van der Waals surface area (Å²) in [6, 6.07) is 22.2. The topological polar surface area (TPSA) is 79.1 Å². The van der Waals surface area contributed by atoms with E-state index in [1.165, 1.54) is 11.3 Å². The van der Waals surface area contributed by atoms with Crippen molar-refractivity contribution in [2.45, 2.75) is 26.5 Å². The zero-order valence-electron chi connectivity index (χ0n) is 22.2. The highest BCUT2D eigenvalue weighted by atomic mass is 79.9. The van der Waals surface area contributed by atoms with E-state index in [4.69, 9.17) is 14.2 Å². The number of methoxy groups -OCH3 is 1. The molecule has 9 heteroatoms. The molecular weight excluding hydrogens is 592 g/mol. The number of fused-ring (bicyclic) bond motifs is 1. The van der Waals surface area contributed by atoms with Gasteiger partial charge in [-0.1, -0.05) is 69.7 Å². The Labute approximate surface area is 243 Å².